The molecular weight excluding hydrogens is 236 g/mol. The minimum atomic E-state index is -0.657. The second-order valence-electron chi connectivity index (χ2n) is 5.21. The van der Waals surface area contributed by atoms with Crippen LogP contribution in [0, 0.1) is 5.92 Å². The van der Waals surface area contributed by atoms with Gasteiger partial charge in [-0.25, -0.2) is 0 Å². The third kappa shape index (κ3) is 1.43. The quantitative estimate of drug-likeness (QED) is 0.829. The highest BCUT2D eigenvalue weighted by molar-refractivity contribution is 6.31. The van der Waals surface area contributed by atoms with E-state index in [0.29, 0.717) is 0 Å². The molecule has 0 bridgehead atoms. The molecule has 3 rings (SSSR count). The molecule has 2 aliphatic carbocycles. The predicted octanol–water partition coefficient (Wildman–Crippen LogP) is 3.41. The predicted molar refractivity (Wildman–Crippen MR) is 66.4 cm³/mol. The average Bonchev–Trinajstić information content (AvgIpc) is 2.25. The van der Waals surface area contributed by atoms with Crippen molar-refractivity contribution in [1.82, 2.24) is 0 Å². The highest BCUT2D eigenvalue weighted by Crippen LogP contribution is 2.56. The average molecular weight is 251 g/mol. The van der Waals surface area contributed by atoms with Crippen LogP contribution in [0.3, 0.4) is 0 Å². The summed E-state index contributed by atoms with van der Waals surface area (Å²) in [7, 11) is 0. The van der Waals surface area contributed by atoms with Crippen molar-refractivity contribution in [2.75, 3.05) is 0 Å². The molecule has 1 atom stereocenters. The van der Waals surface area contributed by atoms with Crippen LogP contribution in [0.5, 0.6) is 0 Å². The van der Waals surface area contributed by atoms with E-state index in [2.05, 4.69) is 6.07 Å². The van der Waals surface area contributed by atoms with Gasteiger partial charge in [0.25, 0.3) is 0 Å². The molecule has 0 heterocycles. The summed E-state index contributed by atoms with van der Waals surface area (Å²) in [6.07, 6.45) is 4.66. The molecule has 1 N–H and O–H groups in total. The summed E-state index contributed by atoms with van der Waals surface area (Å²) in [4.78, 5) is 11.4. The Kier molecular flexibility index (Phi) is 2.44. The van der Waals surface area contributed by atoms with E-state index in [9.17, 15) is 9.90 Å². The number of aliphatic carboxylic acids is 1. The maximum atomic E-state index is 11.4. The molecule has 1 aromatic rings. The molecule has 90 valence electrons. The molecule has 1 unspecified atom stereocenters. The minimum Gasteiger partial charge on any atom is -0.481 e. The SMILES string of the molecule is O=C(O)C1CCc2cccc(Cl)c2C12CCC2. The number of aryl methyl sites for hydroxylation is 1. The van der Waals surface area contributed by atoms with Gasteiger partial charge in [0.2, 0.25) is 0 Å². The number of rotatable bonds is 1. The zero-order valence-electron chi connectivity index (χ0n) is 9.58. The Morgan fingerprint density at radius 1 is 1.41 bits per heavy atom. The largest absolute Gasteiger partial charge is 0.481 e. The van der Waals surface area contributed by atoms with Crippen molar-refractivity contribution in [2.45, 2.75) is 37.5 Å². The van der Waals surface area contributed by atoms with Gasteiger partial charge in [0.1, 0.15) is 0 Å². The van der Waals surface area contributed by atoms with Crippen molar-refractivity contribution in [3.8, 4) is 0 Å². The van der Waals surface area contributed by atoms with Crippen LogP contribution in [0.2, 0.25) is 5.02 Å². The van der Waals surface area contributed by atoms with Crippen LogP contribution >= 0.6 is 11.6 Å². The van der Waals surface area contributed by atoms with E-state index in [0.717, 1.165) is 42.7 Å². The van der Waals surface area contributed by atoms with Gasteiger partial charge in [-0.15, -0.1) is 0 Å². The highest BCUT2D eigenvalue weighted by atomic mass is 35.5. The molecule has 3 heteroatoms. The van der Waals surface area contributed by atoms with Gasteiger partial charge < -0.3 is 5.11 Å². The fourth-order valence-corrected chi connectivity index (χ4v) is 3.98. The van der Waals surface area contributed by atoms with E-state index in [1.807, 2.05) is 12.1 Å². The fourth-order valence-electron chi connectivity index (χ4n) is 3.60. The van der Waals surface area contributed by atoms with Crippen molar-refractivity contribution in [1.29, 1.82) is 0 Å². The lowest BCUT2D eigenvalue weighted by molar-refractivity contribution is -0.147. The first-order valence-corrected chi connectivity index (χ1v) is 6.53. The molecule has 1 saturated carbocycles. The Hall–Kier alpha value is -1.02. The van der Waals surface area contributed by atoms with E-state index in [1.54, 1.807) is 0 Å². The van der Waals surface area contributed by atoms with Crippen molar-refractivity contribution in [3.05, 3.63) is 34.3 Å². The number of hydrogen-bond acceptors (Lipinski definition) is 1. The number of carbonyl (C=O) groups is 1. The first kappa shape index (κ1) is 11.1. The summed E-state index contributed by atoms with van der Waals surface area (Å²) in [6, 6.07) is 5.96. The molecule has 0 aliphatic heterocycles. The zero-order chi connectivity index (χ0) is 12.0. The number of carboxylic acid groups (broad SMARTS) is 1. The normalized spacial score (nSPS) is 25.1. The molecule has 0 amide bonds. The molecule has 2 aliphatic rings. The topological polar surface area (TPSA) is 37.3 Å². The monoisotopic (exact) mass is 250 g/mol. The van der Waals surface area contributed by atoms with Gasteiger partial charge in [-0.1, -0.05) is 30.2 Å². The van der Waals surface area contributed by atoms with Crippen LogP contribution in [0.1, 0.15) is 36.8 Å². The van der Waals surface area contributed by atoms with Gasteiger partial charge in [0, 0.05) is 10.4 Å². The Bertz CT molecular complexity index is 477. The number of fused-ring (bicyclic) bond motifs is 2. The molecular formula is C14H15ClO2. The minimum absolute atomic E-state index is 0.169. The lowest BCUT2D eigenvalue weighted by Gasteiger charge is -2.50. The van der Waals surface area contributed by atoms with Crippen molar-refractivity contribution < 1.29 is 9.90 Å². The summed E-state index contributed by atoms with van der Waals surface area (Å²) < 4.78 is 0. The van der Waals surface area contributed by atoms with Crippen LogP contribution in [-0.2, 0) is 16.6 Å². The van der Waals surface area contributed by atoms with E-state index < -0.39 is 5.97 Å². The first-order valence-electron chi connectivity index (χ1n) is 6.16. The molecule has 1 aromatic carbocycles. The molecule has 1 spiro atoms. The van der Waals surface area contributed by atoms with Gasteiger partial charge in [0.15, 0.2) is 0 Å². The molecule has 0 radical (unpaired) electrons. The Morgan fingerprint density at radius 2 is 2.18 bits per heavy atom. The maximum Gasteiger partial charge on any atom is 0.307 e. The zero-order valence-corrected chi connectivity index (χ0v) is 10.3. The van der Waals surface area contributed by atoms with Crippen LogP contribution in [0.4, 0.5) is 0 Å². The molecule has 0 aromatic heterocycles. The summed E-state index contributed by atoms with van der Waals surface area (Å²) >= 11 is 6.32. The Morgan fingerprint density at radius 3 is 2.76 bits per heavy atom. The molecule has 0 saturated heterocycles. The van der Waals surface area contributed by atoms with Gasteiger partial charge in [-0.05, 0) is 42.9 Å². The second-order valence-corrected chi connectivity index (χ2v) is 5.62. The Balaban J connectivity index is 2.16. The van der Waals surface area contributed by atoms with E-state index in [-0.39, 0.29) is 11.3 Å². The van der Waals surface area contributed by atoms with Crippen LogP contribution in [0.15, 0.2) is 18.2 Å². The lowest BCUT2D eigenvalue weighted by atomic mass is 9.53. The molecule has 2 nitrogen and oxygen atoms in total. The third-order valence-electron chi connectivity index (χ3n) is 4.51. The van der Waals surface area contributed by atoms with Gasteiger partial charge >= 0.3 is 5.97 Å². The van der Waals surface area contributed by atoms with E-state index in [4.69, 9.17) is 11.6 Å². The summed E-state index contributed by atoms with van der Waals surface area (Å²) in [6.45, 7) is 0. The van der Waals surface area contributed by atoms with Crippen LogP contribution in [0.25, 0.3) is 0 Å². The Labute approximate surface area is 106 Å². The van der Waals surface area contributed by atoms with E-state index >= 15 is 0 Å². The van der Waals surface area contributed by atoms with Crippen LogP contribution < -0.4 is 0 Å². The van der Waals surface area contributed by atoms with Gasteiger partial charge in [-0.2, -0.15) is 0 Å². The lowest BCUT2D eigenvalue weighted by Crippen LogP contribution is -2.48. The third-order valence-corrected chi connectivity index (χ3v) is 4.83. The van der Waals surface area contributed by atoms with Crippen molar-refractivity contribution in [2.24, 2.45) is 5.92 Å². The number of benzene rings is 1. The van der Waals surface area contributed by atoms with Gasteiger partial charge in [-0.3, -0.25) is 4.79 Å². The summed E-state index contributed by atoms with van der Waals surface area (Å²) in [5.41, 5.74) is 2.22. The maximum absolute atomic E-state index is 11.4. The number of carboxylic acids is 1. The van der Waals surface area contributed by atoms with Gasteiger partial charge in [0.05, 0.1) is 5.92 Å². The van der Waals surface area contributed by atoms with Crippen LogP contribution in [-0.4, -0.2) is 11.1 Å². The molecule has 1 fully saturated rings. The fraction of sp³-hybridized carbons (Fsp3) is 0.500. The summed E-state index contributed by atoms with van der Waals surface area (Å²) in [5, 5.41) is 10.2. The van der Waals surface area contributed by atoms with Crippen molar-refractivity contribution in [3.63, 3.8) is 0 Å². The summed E-state index contributed by atoms with van der Waals surface area (Å²) in [5.74, 6) is -0.904. The van der Waals surface area contributed by atoms with E-state index in [1.165, 1.54) is 5.56 Å². The number of halogens is 1. The smallest absolute Gasteiger partial charge is 0.307 e. The van der Waals surface area contributed by atoms with Crippen molar-refractivity contribution >= 4 is 17.6 Å². The highest BCUT2D eigenvalue weighted by Gasteiger charge is 2.52. The standard InChI is InChI=1S/C14H15ClO2/c15-11-4-1-3-9-5-6-10(13(16)17)14(12(9)11)7-2-8-14/h1,3-4,10H,2,5-8H2,(H,16,17). The number of hydrogen-bond donors (Lipinski definition) is 1. The first-order chi connectivity index (χ1) is 8.15. The second kappa shape index (κ2) is 3.74. The molecule has 17 heavy (non-hydrogen) atoms.